The van der Waals surface area contributed by atoms with Crippen molar-refractivity contribution in [2.75, 3.05) is 23.4 Å². The van der Waals surface area contributed by atoms with Crippen molar-refractivity contribution in [3.05, 3.63) is 52.6 Å². The van der Waals surface area contributed by atoms with E-state index in [2.05, 4.69) is 10.6 Å². The second-order valence-electron chi connectivity index (χ2n) is 6.43. The topological polar surface area (TPSA) is 75.3 Å². The first-order chi connectivity index (χ1) is 11.6. The van der Waals surface area contributed by atoms with Gasteiger partial charge in [-0.1, -0.05) is 17.7 Å². The first kappa shape index (κ1) is 19.0. The number of aryl methyl sites for hydroxylation is 3. The Bertz CT molecular complexity index is 919. The third-order valence-electron chi connectivity index (χ3n) is 4.00. The largest absolute Gasteiger partial charge is 0.376 e. The molecule has 0 aliphatic rings. The van der Waals surface area contributed by atoms with Gasteiger partial charge >= 0.3 is 0 Å². The average molecular weight is 360 g/mol. The number of carbonyl (C=O) groups excluding carboxylic acids is 1. The summed E-state index contributed by atoms with van der Waals surface area (Å²) in [5, 5.41) is 5.91. The van der Waals surface area contributed by atoms with Crippen molar-refractivity contribution < 1.29 is 13.2 Å². The zero-order valence-corrected chi connectivity index (χ0v) is 16.0. The molecule has 0 fully saturated rings. The number of hydrogen-bond acceptors (Lipinski definition) is 4. The van der Waals surface area contributed by atoms with E-state index in [1.165, 1.54) is 6.26 Å². The van der Waals surface area contributed by atoms with E-state index in [0.717, 1.165) is 22.4 Å². The maximum Gasteiger partial charge on any atom is 0.243 e. The van der Waals surface area contributed by atoms with E-state index in [9.17, 15) is 13.2 Å². The van der Waals surface area contributed by atoms with Crippen LogP contribution >= 0.6 is 0 Å². The van der Waals surface area contributed by atoms with Crippen LogP contribution in [0.3, 0.4) is 0 Å². The van der Waals surface area contributed by atoms with Gasteiger partial charge < -0.3 is 10.6 Å². The molecule has 0 heterocycles. The van der Waals surface area contributed by atoms with Crippen LogP contribution in [-0.4, -0.2) is 27.1 Å². The molecule has 134 valence electrons. The highest BCUT2D eigenvalue weighted by molar-refractivity contribution is 7.90. The molecule has 0 aliphatic carbocycles. The number of carbonyl (C=O) groups is 1. The van der Waals surface area contributed by atoms with Gasteiger partial charge in [-0.05, 0) is 62.6 Å². The van der Waals surface area contributed by atoms with Crippen LogP contribution < -0.4 is 10.6 Å². The van der Waals surface area contributed by atoms with Gasteiger partial charge in [-0.25, -0.2) is 8.42 Å². The molecule has 0 saturated carbocycles. The Balaban J connectivity index is 2.13. The second kappa shape index (κ2) is 7.27. The van der Waals surface area contributed by atoms with Crippen LogP contribution in [-0.2, 0) is 14.6 Å². The molecule has 0 atom stereocenters. The quantitative estimate of drug-likeness (QED) is 0.857. The lowest BCUT2D eigenvalue weighted by atomic mass is 10.1. The van der Waals surface area contributed by atoms with E-state index < -0.39 is 9.84 Å². The van der Waals surface area contributed by atoms with Crippen LogP contribution in [0.1, 0.15) is 22.3 Å². The normalized spacial score (nSPS) is 11.2. The Kier molecular flexibility index (Phi) is 5.52. The fraction of sp³-hybridized carbons (Fsp3) is 0.316. The summed E-state index contributed by atoms with van der Waals surface area (Å²) in [5.41, 5.74) is 5.00. The van der Waals surface area contributed by atoms with E-state index in [1.807, 2.05) is 45.0 Å². The SMILES string of the molecule is Cc1ccc(NC(=O)CNc2cc(C)cc(S(C)(=O)=O)c2C)c(C)c1. The van der Waals surface area contributed by atoms with Gasteiger partial charge in [0.05, 0.1) is 11.4 Å². The molecule has 0 bridgehead atoms. The molecule has 0 aromatic heterocycles. The molecule has 0 aliphatic heterocycles. The molecule has 2 aromatic rings. The highest BCUT2D eigenvalue weighted by Gasteiger charge is 2.15. The smallest absolute Gasteiger partial charge is 0.243 e. The van der Waals surface area contributed by atoms with Crippen molar-refractivity contribution in [3.8, 4) is 0 Å². The van der Waals surface area contributed by atoms with Crippen LogP contribution in [0.15, 0.2) is 35.2 Å². The predicted molar refractivity (Wildman–Crippen MR) is 102 cm³/mol. The summed E-state index contributed by atoms with van der Waals surface area (Å²) in [7, 11) is -3.32. The van der Waals surface area contributed by atoms with E-state index in [0.29, 0.717) is 11.3 Å². The first-order valence-electron chi connectivity index (χ1n) is 8.00. The minimum Gasteiger partial charge on any atom is -0.376 e. The van der Waals surface area contributed by atoms with E-state index in [1.54, 1.807) is 13.0 Å². The number of hydrogen-bond donors (Lipinski definition) is 2. The Labute approximate surface area is 149 Å². The van der Waals surface area contributed by atoms with Crippen molar-refractivity contribution >= 4 is 27.1 Å². The zero-order chi connectivity index (χ0) is 18.8. The lowest BCUT2D eigenvalue weighted by Crippen LogP contribution is -2.22. The summed E-state index contributed by atoms with van der Waals surface area (Å²) in [6, 6.07) is 9.31. The van der Waals surface area contributed by atoms with Gasteiger partial charge in [0.2, 0.25) is 5.91 Å². The monoisotopic (exact) mass is 360 g/mol. The zero-order valence-electron chi connectivity index (χ0n) is 15.2. The van der Waals surface area contributed by atoms with Crippen molar-refractivity contribution in [1.29, 1.82) is 0 Å². The standard InChI is InChI=1S/C19H24N2O3S/c1-12-6-7-16(14(3)8-12)21-19(22)11-20-17-9-13(2)10-18(15(17)4)25(5,23)24/h6-10,20H,11H2,1-5H3,(H,21,22). The minimum absolute atomic E-state index is 0.0564. The molecular formula is C19H24N2O3S. The van der Waals surface area contributed by atoms with Gasteiger partial charge in [0.25, 0.3) is 0 Å². The number of sulfone groups is 1. The molecule has 5 nitrogen and oxygen atoms in total. The average Bonchev–Trinajstić information content (AvgIpc) is 2.49. The van der Waals surface area contributed by atoms with Gasteiger partial charge in [-0.3, -0.25) is 4.79 Å². The molecular weight excluding hydrogens is 336 g/mol. The Morgan fingerprint density at radius 3 is 2.24 bits per heavy atom. The fourth-order valence-electron chi connectivity index (χ4n) is 2.72. The van der Waals surface area contributed by atoms with Gasteiger partial charge in [0, 0.05) is 17.6 Å². The molecule has 1 amide bonds. The maximum atomic E-state index is 12.2. The van der Waals surface area contributed by atoms with E-state index in [-0.39, 0.29) is 17.3 Å². The molecule has 2 rings (SSSR count). The number of anilines is 2. The summed E-state index contributed by atoms with van der Waals surface area (Å²) < 4.78 is 23.8. The first-order valence-corrected chi connectivity index (χ1v) is 9.89. The lowest BCUT2D eigenvalue weighted by molar-refractivity contribution is -0.114. The third-order valence-corrected chi connectivity index (χ3v) is 5.22. The van der Waals surface area contributed by atoms with Crippen molar-refractivity contribution in [1.82, 2.24) is 0 Å². The molecule has 2 aromatic carbocycles. The van der Waals surface area contributed by atoms with Crippen molar-refractivity contribution in [3.63, 3.8) is 0 Å². The van der Waals surface area contributed by atoms with Gasteiger partial charge in [-0.15, -0.1) is 0 Å². The number of benzene rings is 2. The highest BCUT2D eigenvalue weighted by atomic mass is 32.2. The van der Waals surface area contributed by atoms with Crippen LogP contribution in [0.5, 0.6) is 0 Å². The van der Waals surface area contributed by atoms with Crippen molar-refractivity contribution in [2.24, 2.45) is 0 Å². The summed E-state index contributed by atoms with van der Waals surface area (Å²) >= 11 is 0. The molecule has 6 heteroatoms. The van der Waals surface area contributed by atoms with Crippen LogP contribution in [0.25, 0.3) is 0 Å². The number of rotatable bonds is 5. The van der Waals surface area contributed by atoms with Gasteiger partial charge in [-0.2, -0.15) is 0 Å². The summed E-state index contributed by atoms with van der Waals surface area (Å²) in [5.74, 6) is -0.186. The van der Waals surface area contributed by atoms with Crippen LogP contribution in [0.2, 0.25) is 0 Å². The molecule has 0 saturated heterocycles. The second-order valence-corrected chi connectivity index (χ2v) is 8.41. The molecule has 0 spiro atoms. The molecule has 0 radical (unpaired) electrons. The lowest BCUT2D eigenvalue weighted by Gasteiger charge is -2.14. The highest BCUT2D eigenvalue weighted by Crippen LogP contribution is 2.25. The fourth-order valence-corrected chi connectivity index (χ4v) is 3.78. The number of amides is 1. The molecule has 2 N–H and O–H groups in total. The Hall–Kier alpha value is -2.34. The molecule has 25 heavy (non-hydrogen) atoms. The summed E-state index contributed by atoms with van der Waals surface area (Å²) in [4.78, 5) is 12.5. The van der Waals surface area contributed by atoms with Crippen LogP contribution in [0.4, 0.5) is 11.4 Å². The van der Waals surface area contributed by atoms with E-state index >= 15 is 0 Å². The summed E-state index contributed by atoms with van der Waals surface area (Å²) in [6.07, 6.45) is 1.19. The van der Waals surface area contributed by atoms with Gasteiger partial charge in [0.1, 0.15) is 0 Å². The number of nitrogens with one attached hydrogen (secondary N) is 2. The predicted octanol–water partition coefficient (Wildman–Crippen LogP) is 3.37. The third kappa shape index (κ3) is 4.82. The minimum atomic E-state index is -3.32. The van der Waals surface area contributed by atoms with E-state index in [4.69, 9.17) is 0 Å². The summed E-state index contributed by atoms with van der Waals surface area (Å²) in [6.45, 7) is 7.56. The van der Waals surface area contributed by atoms with Crippen molar-refractivity contribution in [2.45, 2.75) is 32.6 Å². The van der Waals surface area contributed by atoms with Gasteiger partial charge in [0.15, 0.2) is 9.84 Å². The maximum absolute atomic E-state index is 12.2. The Morgan fingerprint density at radius 2 is 1.64 bits per heavy atom. The Morgan fingerprint density at radius 1 is 0.960 bits per heavy atom. The van der Waals surface area contributed by atoms with Crippen LogP contribution in [0, 0.1) is 27.7 Å². The molecule has 0 unspecified atom stereocenters.